The molecule has 1 aliphatic rings. The maximum atomic E-state index is 12.9. The molecule has 2 rings (SSSR count). The molecule has 6 N–H and O–H groups in total. The second-order valence-electron chi connectivity index (χ2n) is 17.0. The molecule has 1 aromatic heterocycles. The van der Waals surface area contributed by atoms with Gasteiger partial charge in [-0.15, -0.1) is 0 Å². The van der Waals surface area contributed by atoms with Gasteiger partial charge >= 0.3 is 33.3 Å². The summed E-state index contributed by atoms with van der Waals surface area (Å²) in [5.74, 6) is -1.93. The van der Waals surface area contributed by atoms with E-state index >= 15 is 0 Å². The number of aromatic nitrogens is 2. The molecule has 0 amide bonds. The average Bonchev–Trinajstić information content (AvgIpc) is 3.64. The summed E-state index contributed by atoms with van der Waals surface area (Å²) < 4.78 is 56.4. The lowest BCUT2D eigenvalue weighted by atomic mass is 10.1. The lowest BCUT2D eigenvalue weighted by Gasteiger charge is -2.21. The van der Waals surface area contributed by atoms with Crippen LogP contribution in [0.5, 0.6) is 0 Å². The minimum absolute atomic E-state index is 0.000200. The maximum Gasteiger partial charge on any atom is 0.481 e. The van der Waals surface area contributed by atoms with Crippen LogP contribution in [0.15, 0.2) is 139 Å². The van der Waals surface area contributed by atoms with Gasteiger partial charge in [0.15, 0.2) is 18.1 Å². The summed E-state index contributed by atoms with van der Waals surface area (Å²) in [6, 6.07) is 1.23. The van der Waals surface area contributed by atoms with Crippen molar-refractivity contribution in [3.05, 3.63) is 144 Å². The highest BCUT2D eigenvalue weighted by Gasteiger charge is 2.46. The van der Waals surface area contributed by atoms with Gasteiger partial charge in [-0.25, -0.2) is 13.9 Å². The molecule has 1 aromatic rings. The lowest BCUT2D eigenvalue weighted by Crippen LogP contribution is -2.36. The molecule has 21 heteroatoms. The highest BCUT2D eigenvalue weighted by molar-refractivity contribution is 7.61. The van der Waals surface area contributed by atoms with Gasteiger partial charge < -0.3 is 39.9 Å². The number of carbonyl (C=O) groups is 3. The van der Waals surface area contributed by atoms with Crippen molar-refractivity contribution in [1.82, 2.24) is 9.55 Å². The first-order chi connectivity index (χ1) is 36.1. The number of aliphatic hydroxyl groups is 2. The van der Waals surface area contributed by atoms with Gasteiger partial charge in [0.25, 0.3) is 0 Å². The van der Waals surface area contributed by atoms with E-state index in [-0.39, 0.29) is 37.3 Å². The number of nitrogen functional groups attached to an aromatic ring is 1. The predicted molar refractivity (Wildman–Crippen MR) is 289 cm³/mol. The van der Waals surface area contributed by atoms with E-state index in [1.165, 1.54) is 31.4 Å². The topological polar surface area (TPSA) is 283 Å². The molecule has 1 aliphatic heterocycles. The van der Waals surface area contributed by atoms with Gasteiger partial charge in [0.05, 0.1) is 13.2 Å². The fourth-order valence-electron chi connectivity index (χ4n) is 6.58. The second-order valence-corrected chi connectivity index (χ2v) is 20.0. The number of esters is 2. The summed E-state index contributed by atoms with van der Waals surface area (Å²) in [6.45, 7) is 1.69. The van der Waals surface area contributed by atoms with Crippen molar-refractivity contribution in [2.75, 3.05) is 25.6 Å². The summed E-state index contributed by atoms with van der Waals surface area (Å²) >= 11 is 0. The highest BCUT2D eigenvalue weighted by Crippen LogP contribution is 2.60. The number of allylic oxidation sites excluding steroid dienone is 20. The number of nitrogens with two attached hydrogens (primary N) is 1. The number of hydrogen-bond acceptors (Lipinski definition) is 16. The first-order valence-electron chi connectivity index (χ1n) is 25.5. The Kier molecular flexibility index (Phi) is 35.3. The van der Waals surface area contributed by atoms with Crippen LogP contribution in [0.25, 0.3) is 0 Å². The Hall–Kier alpha value is -5.17. The number of phosphoric ester groups is 2. The minimum Gasteiger partial charge on any atom is -0.462 e. The number of phosphoric acid groups is 2. The number of rotatable bonds is 40. The lowest BCUT2D eigenvalue weighted by molar-refractivity contribution is -0.161. The molecule has 0 radical (unpaired) electrons. The van der Waals surface area contributed by atoms with Crippen LogP contribution < -0.4 is 11.4 Å². The first kappa shape index (κ1) is 65.9. The molecule has 75 heavy (non-hydrogen) atoms. The van der Waals surface area contributed by atoms with Crippen LogP contribution in [0.1, 0.15) is 129 Å². The molecular formula is C54H79N3O16P2. The van der Waals surface area contributed by atoms with Gasteiger partial charge in [-0.2, -0.15) is 9.29 Å². The molecular weight excluding hydrogens is 1010 g/mol. The summed E-state index contributed by atoms with van der Waals surface area (Å²) in [5.41, 5.74) is 4.56. The summed E-state index contributed by atoms with van der Waals surface area (Å²) in [7, 11) is -11.0. The number of nitrogens with zero attached hydrogens (tertiary/aromatic N) is 2. The third kappa shape index (κ3) is 32.8. The Labute approximate surface area is 441 Å². The number of hydrogen-bond donors (Lipinski definition) is 5. The van der Waals surface area contributed by atoms with Crippen LogP contribution >= 0.6 is 15.6 Å². The Morgan fingerprint density at radius 1 is 0.693 bits per heavy atom. The number of carbonyl (C=O) groups excluding carboxylic acids is 3. The van der Waals surface area contributed by atoms with Crippen molar-refractivity contribution in [3.63, 3.8) is 0 Å². The summed E-state index contributed by atoms with van der Waals surface area (Å²) in [5, 5.41) is 20.9. The van der Waals surface area contributed by atoms with Crippen molar-refractivity contribution in [3.8, 4) is 0 Å². The molecule has 1 saturated heterocycles. The molecule has 2 heterocycles. The monoisotopic (exact) mass is 1090 g/mol. The van der Waals surface area contributed by atoms with E-state index in [2.05, 4.69) is 90.0 Å². The number of unbranched alkanes of at least 4 members (excludes halogenated alkanes) is 3. The smallest absolute Gasteiger partial charge is 0.462 e. The van der Waals surface area contributed by atoms with Gasteiger partial charge in [0.1, 0.15) is 30.7 Å². The zero-order chi connectivity index (χ0) is 55.0. The molecule has 0 aliphatic carbocycles. The van der Waals surface area contributed by atoms with E-state index in [0.717, 1.165) is 55.7 Å². The average molecular weight is 1090 g/mol. The van der Waals surface area contributed by atoms with Crippen molar-refractivity contribution < 1.29 is 71.1 Å². The second kappa shape index (κ2) is 40.1. The normalized spacial score (nSPS) is 19.7. The number of aliphatic hydroxyl groups excluding tert-OH is 2. The summed E-state index contributed by atoms with van der Waals surface area (Å²) in [4.78, 5) is 74.3. The fraction of sp³-hybridized carbons (Fsp3) is 0.500. The third-order valence-electron chi connectivity index (χ3n) is 10.5. The van der Waals surface area contributed by atoms with E-state index < -0.39 is 83.7 Å². The van der Waals surface area contributed by atoms with Gasteiger partial charge in [-0.1, -0.05) is 142 Å². The highest BCUT2D eigenvalue weighted by atomic mass is 31.3. The van der Waals surface area contributed by atoms with Gasteiger partial charge in [0, 0.05) is 25.5 Å². The van der Waals surface area contributed by atoms with Crippen LogP contribution in [0.2, 0.25) is 0 Å². The van der Waals surface area contributed by atoms with Crippen LogP contribution in [-0.2, 0) is 51.1 Å². The molecule has 0 bridgehead atoms. The molecule has 0 saturated carbocycles. The van der Waals surface area contributed by atoms with Crippen LogP contribution in [0.3, 0.4) is 0 Å². The van der Waals surface area contributed by atoms with E-state index in [1.807, 2.05) is 30.4 Å². The fourth-order valence-corrected chi connectivity index (χ4v) is 8.69. The first-order valence-corrected chi connectivity index (χ1v) is 28.5. The quantitative estimate of drug-likeness (QED) is 0.0102. The largest absolute Gasteiger partial charge is 0.481 e. The Balaban J connectivity index is 1.89. The van der Waals surface area contributed by atoms with E-state index in [0.29, 0.717) is 19.3 Å². The number of ketones is 1. The SMILES string of the molecule is CC/C=C\C/C=C\C/C=C\C/C=C\C/C=C\C/C=C\CCC(=O)OC[C@H](COP(=O)(O)OP(=O)(O)OC[C@H]1O[C@@H](n2ccc(N)nc2=O)[C@H](O)[C@@H]1O)OC(=O)CCCC(=O)/C=C/C=C\C/C=C\C/C=C\CCCCC. The minimum atomic E-state index is -5.51. The molecule has 416 valence electrons. The van der Waals surface area contributed by atoms with Gasteiger partial charge in [0.2, 0.25) is 0 Å². The molecule has 19 nitrogen and oxygen atoms in total. The molecule has 2 unspecified atom stereocenters. The Morgan fingerprint density at radius 2 is 1.25 bits per heavy atom. The van der Waals surface area contributed by atoms with Crippen molar-refractivity contribution in [2.24, 2.45) is 0 Å². The van der Waals surface area contributed by atoms with Crippen LogP contribution in [0.4, 0.5) is 5.82 Å². The molecule has 1 fully saturated rings. The van der Waals surface area contributed by atoms with Crippen LogP contribution in [0, 0.1) is 0 Å². The predicted octanol–water partition coefficient (Wildman–Crippen LogP) is 9.95. The zero-order valence-corrected chi connectivity index (χ0v) is 45.1. The Bertz CT molecular complexity index is 2300. The summed E-state index contributed by atoms with van der Waals surface area (Å²) in [6.07, 6.45) is 44.5. The van der Waals surface area contributed by atoms with Crippen molar-refractivity contribution >= 4 is 39.2 Å². The molecule has 0 spiro atoms. The van der Waals surface area contributed by atoms with Crippen molar-refractivity contribution in [1.29, 1.82) is 0 Å². The number of ether oxygens (including phenoxy) is 3. The van der Waals surface area contributed by atoms with Gasteiger partial charge in [-0.3, -0.25) is 28.0 Å². The third-order valence-corrected chi connectivity index (χ3v) is 13.1. The maximum absolute atomic E-state index is 12.9. The van der Waals surface area contributed by atoms with E-state index in [9.17, 15) is 48.3 Å². The zero-order valence-electron chi connectivity index (χ0n) is 43.3. The van der Waals surface area contributed by atoms with Crippen LogP contribution in [-0.4, -0.2) is 91.5 Å². The standard InChI is InChI=1S/C54H79N3O16P2/c1-3-5-7-9-11-13-15-17-18-19-20-21-22-24-26-28-30-32-34-38-49(59)68-42-46(71-50(60)39-35-37-45(58)36-33-31-29-27-25-23-16-14-12-10-8-6-4-2)43-69-74(64,65)73-75(66,67)70-44-47-51(61)52(62)53(72-47)57-41-40-48(55)56-54(57)63/h5,7,11-14,17-18,20-21,23-26,29-33,36,40-41,46-47,51-53,61-62H,3-4,6,8-10,15-16,19,22,27-28,34-35,37-39,42-44H2,1-2H3,(H,64,65)(H,66,67)(H2,55,56,63)/b7-5-,13-11-,14-12-,18-17-,21-20-,25-23-,26-24-,31-29-,32-30-,36-33+/t46-,47-,51-,52-,53-/m1/s1. The number of anilines is 1. The Morgan fingerprint density at radius 3 is 1.84 bits per heavy atom. The van der Waals surface area contributed by atoms with Crippen molar-refractivity contribution in [2.45, 2.75) is 154 Å². The van der Waals surface area contributed by atoms with E-state index in [1.54, 1.807) is 18.2 Å². The molecule has 0 aromatic carbocycles. The van der Waals surface area contributed by atoms with E-state index in [4.69, 9.17) is 29.0 Å². The van der Waals surface area contributed by atoms with Gasteiger partial charge in [-0.05, 0) is 89.2 Å². The molecule has 7 atom stereocenters.